The zero-order valence-corrected chi connectivity index (χ0v) is 27.4. The van der Waals surface area contributed by atoms with Gasteiger partial charge in [0.1, 0.15) is 7.14 Å². The zero-order chi connectivity index (χ0) is 28.8. The monoisotopic (exact) mass is 570 g/mol. The summed E-state index contributed by atoms with van der Waals surface area (Å²) in [5.41, 5.74) is 2.69. The summed E-state index contributed by atoms with van der Waals surface area (Å²) in [5, 5.41) is 2.09. The summed E-state index contributed by atoms with van der Waals surface area (Å²) in [7, 11) is -2.73. The molecule has 3 fully saturated rings. The molecule has 0 aliphatic heterocycles. The Morgan fingerprint density at radius 3 is 2.10 bits per heavy atom. The van der Waals surface area contributed by atoms with E-state index in [1.807, 2.05) is 0 Å². The summed E-state index contributed by atoms with van der Waals surface area (Å²) in [6.07, 6.45) is 17.2. The second kappa shape index (κ2) is 11.5. The van der Waals surface area contributed by atoms with Crippen LogP contribution in [0.25, 0.3) is 0 Å². The van der Waals surface area contributed by atoms with Gasteiger partial charge in [0.25, 0.3) is 0 Å². The van der Waals surface area contributed by atoms with Crippen LogP contribution in [-0.2, 0) is 4.57 Å². The fourth-order valence-electron chi connectivity index (χ4n) is 10.8. The highest BCUT2D eigenvalue weighted by Gasteiger charge is 2.59. The average Bonchev–Trinajstić information content (AvgIpc) is 3.34. The molecule has 0 spiro atoms. The van der Waals surface area contributed by atoms with Gasteiger partial charge in [-0.3, -0.25) is 0 Å². The molecular weight excluding hydrogens is 515 g/mol. The maximum absolute atomic E-state index is 15.2. The number of hydrogen-bond donors (Lipinski definition) is 0. The van der Waals surface area contributed by atoms with Gasteiger partial charge in [0, 0.05) is 16.3 Å². The molecule has 4 aliphatic rings. The molecular formula is C39H55OP. The first-order chi connectivity index (χ1) is 19.7. The first-order valence-corrected chi connectivity index (χ1v) is 18.9. The van der Waals surface area contributed by atoms with Crippen LogP contribution in [0.3, 0.4) is 0 Å². The van der Waals surface area contributed by atoms with E-state index in [1.54, 1.807) is 5.57 Å². The summed E-state index contributed by atoms with van der Waals surface area (Å²) in [6, 6.07) is 20.9. The van der Waals surface area contributed by atoms with E-state index in [-0.39, 0.29) is 5.66 Å². The second-order valence-corrected chi connectivity index (χ2v) is 18.6. The van der Waals surface area contributed by atoms with Crippen LogP contribution in [0.15, 0.2) is 72.3 Å². The van der Waals surface area contributed by atoms with Gasteiger partial charge in [-0.2, -0.15) is 0 Å². The van der Waals surface area contributed by atoms with Crippen molar-refractivity contribution in [1.82, 2.24) is 0 Å². The van der Waals surface area contributed by atoms with E-state index in [0.29, 0.717) is 10.8 Å². The molecule has 0 saturated heterocycles. The van der Waals surface area contributed by atoms with Crippen LogP contribution in [0.4, 0.5) is 0 Å². The predicted molar refractivity (Wildman–Crippen MR) is 177 cm³/mol. The molecule has 0 aromatic heterocycles. The van der Waals surface area contributed by atoms with Gasteiger partial charge in [-0.15, -0.1) is 0 Å². The van der Waals surface area contributed by atoms with Crippen LogP contribution in [0, 0.1) is 46.3 Å². The molecule has 8 unspecified atom stereocenters. The van der Waals surface area contributed by atoms with Crippen LogP contribution in [0.5, 0.6) is 0 Å². The van der Waals surface area contributed by atoms with Crippen molar-refractivity contribution < 1.29 is 4.57 Å². The Kier molecular flexibility index (Phi) is 8.26. The Bertz CT molecular complexity index is 1220. The van der Waals surface area contributed by atoms with Crippen LogP contribution in [0.1, 0.15) is 105 Å². The van der Waals surface area contributed by atoms with Crippen molar-refractivity contribution in [3.05, 3.63) is 72.3 Å². The lowest BCUT2D eigenvalue weighted by atomic mass is 9.47. The highest BCUT2D eigenvalue weighted by Crippen LogP contribution is 2.69. The van der Waals surface area contributed by atoms with Gasteiger partial charge in [-0.05, 0) is 97.7 Å². The molecule has 222 valence electrons. The minimum Gasteiger partial charge on any atom is -0.313 e. The first-order valence-electron chi connectivity index (χ1n) is 17.1. The van der Waals surface area contributed by atoms with E-state index in [4.69, 9.17) is 0 Å². The van der Waals surface area contributed by atoms with E-state index in [9.17, 15) is 0 Å². The van der Waals surface area contributed by atoms with Crippen LogP contribution in [0.2, 0.25) is 0 Å². The lowest BCUT2D eigenvalue weighted by Crippen LogP contribution is -2.51. The van der Waals surface area contributed by atoms with E-state index in [2.05, 4.69) is 101 Å². The number of rotatable bonds is 8. The first kappa shape index (κ1) is 29.5. The Balaban J connectivity index is 1.24. The van der Waals surface area contributed by atoms with Crippen molar-refractivity contribution in [2.24, 2.45) is 46.3 Å². The molecule has 2 aromatic carbocycles. The van der Waals surface area contributed by atoms with Crippen LogP contribution in [-0.4, -0.2) is 5.66 Å². The molecule has 6 rings (SSSR count). The second-order valence-electron chi connectivity index (χ2n) is 15.5. The third-order valence-corrected chi connectivity index (χ3v) is 16.7. The maximum atomic E-state index is 15.2. The highest BCUT2D eigenvalue weighted by molar-refractivity contribution is 7.79. The quantitative estimate of drug-likeness (QED) is 0.228. The zero-order valence-electron chi connectivity index (χ0n) is 26.5. The molecule has 2 heteroatoms. The molecule has 0 amide bonds. The van der Waals surface area contributed by atoms with Crippen molar-refractivity contribution in [1.29, 1.82) is 0 Å². The molecule has 0 radical (unpaired) electrons. The molecule has 3 saturated carbocycles. The van der Waals surface area contributed by atoms with Gasteiger partial charge in [0.05, 0.1) is 0 Å². The largest absolute Gasteiger partial charge is 0.313 e. The fraction of sp³-hybridized carbons (Fsp3) is 0.641. The van der Waals surface area contributed by atoms with Crippen molar-refractivity contribution in [3.8, 4) is 0 Å². The Labute approximate surface area is 251 Å². The van der Waals surface area contributed by atoms with Gasteiger partial charge in [-0.1, -0.05) is 126 Å². The number of benzene rings is 2. The number of allylic oxidation sites excluding steroid dienone is 2. The molecule has 41 heavy (non-hydrogen) atoms. The minimum atomic E-state index is -2.73. The van der Waals surface area contributed by atoms with Crippen LogP contribution < -0.4 is 10.6 Å². The summed E-state index contributed by atoms with van der Waals surface area (Å²) in [6.45, 7) is 12.7. The summed E-state index contributed by atoms with van der Waals surface area (Å²) in [5.74, 6) is 5.17. The lowest BCUT2D eigenvalue weighted by Gasteiger charge is -2.59. The molecule has 8 atom stereocenters. The van der Waals surface area contributed by atoms with Gasteiger partial charge < -0.3 is 4.57 Å². The predicted octanol–water partition coefficient (Wildman–Crippen LogP) is 10.4. The van der Waals surface area contributed by atoms with Crippen molar-refractivity contribution in [3.63, 3.8) is 0 Å². The average molecular weight is 571 g/mol. The molecule has 0 heterocycles. The Morgan fingerprint density at radius 1 is 0.805 bits per heavy atom. The van der Waals surface area contributed by atoms with E-state index < -0.39 is 7.14 Å². The molecule has 0 N–H and O–H groups in total. The third kappa shape index (κ3) is 5.05. The molecule has 0 bridgehead atoms. The summed E-state index contributed by atoms with van der Waals surface area (Å²) >= 11 is 0. The van der Waals surface area contributed by atoms with Gasteiger partial charge in [0.15, 0.2) is 0 Å². The standard InChI is InChI=1S/C39H55OP/c1-28(2)13-12-14-29(3)35-21-22-36-34-20-19-30-27-33(23-25-38(30,4)37(34)24-26-39(35,36)5)41(40,31-15-8-6-9-16-31)32-17-10-7-11-18-32/h6-11,15-19,28-29,33-37H,12-14,20-27H2,1-5H3. The SMILES string of the molecule is CC(C)CCCC(C)C1CCC2C3CC=C4CC(P(=O)(c5ccccc5)c5ccccc5)CCC4(C)C3CCC12C. The van der Waals surface area contributed by atoms with Gasteiger partial charge in [0.2, 0.25) is 0 Å². The van der Waals surface area contributed by atoms with E-state index in [1.165, 1.54) is 57.8 Å². The van der Waals surface area contributed by atoms with E-state index in [0.717, 1.165) is 59.0 Å². The number of hydrogen-bond acceptors (Lipinski definition) is 1. The van der Waals surface area contributed by atoms with Crippen molar-refractivity contribution in [2.75, 3.05) is 0 Å². The van der Waals surface area contributed by atoms with Gasteiger partial charge >= 0.3 is 0 Å². The van der Waals surface area contributed by atoms with Gasteiger partial charge in [-0.25, -0.2) is 0 Å². The minimum absolute atomic E-state index is 0.208. The molecule has 2 aromatic rings. The Hall–Kier alpha value is -1.59. The normalized spacial score (nSPS) is 35.8. The third-order valence-electron chi connectivity index (χ3n) is 13.1. The lowest BCUT2D eigenvalue weighted by molar-refractivity contribution is -0.0498. The smallest absolute Gasteiger partial charge is 0.146 e. The molecule has 4 aliphatic carbocycles. The fourth-order valence-corrected chi connectivity index (χ4v) is 14.2. The van der Waals surface area contributed by atoms with Crippen LogP contribution >= 0.6 is 7.14 Å². The summed E-state index contributed by atoms with van der Waals surface area (Å²) < 4.78 is 15.2. The number of fused-ring (bicyclic) bond motifs is 5. The van der Waals surface area contributed by atoms with Crippen molar-refractivity contribution in [2.45, 2.75) is 111 Å². The van der Waals surface area contributed by atoms with E-state index >= 15 is 4.57 Å². The summed E-state index contributed by atoms with van der Waals surface area (Å²) in [4.78, 5) is 0. The van der Waals surface area contributed by atoms with Crippen molar-refractivity contribution >= 4 is 17.8 Å². The Morgan fingerprint density at radius 2 is 1.46 bits per heavy atom. The maximum Gasteiger partial charge on any atom is 0.146 e. The topological polar surface area (TPSA) is 17.1 Å². The highest BCUT2D eigenvalue weighted by atomic mass is 31.2. The molecule has 1 nitrogen and oxygen atoms in total.